The summed E-state index contributed by atoms with van der Waals surface area (Å²) in [5.41, 5.74) is 1.99. The number of aliphatic hydroxyl groups excluding tert-OH is 1. The lowest BCUT2D eigenvalue weighted by Gasteiger charge is -2.47. The number of aryl methyl sites for hydroxylation is 2. The van der Waals surface area contributed by atoms with E-state index in [9.17, 15) is 15.0 Å². The fourth-order valence-corrected chi connectivity index (χ4v) is 4.53. The first-order chi connectivity index (χ1) is 14.2. The van der Waals surface area contributed by atoms with Gasteiger partial charge in [0.1, 0.15) is 18.0 Å². The number of piperidine rings is 2. The number of hydrogen-bond donors (Lipinski definition) is 2. The standard InChI is InChI=1S/C23H36N2O5/c1-5-29-22(27)24-9-6-19(7-10-24)25-11-8-21(26)23(28,14-25)15-30-20-13-16(2)12-17(3)18(20)4/h12-13,19,21,26,28H,5-11,14-15H2,1-4H3/t21-,23-/m0/s1. The number of carbonyl (C=O) groups is 1. The van der Waals surface area contributed by atoms with Crippen molar-refractivity contribution in [1.29, 1.82) is 0 Å². The van der Waals surface area contributed by atoms with Gasteiger partial charge in [0.05, 0.1) is 12.7 Å². The van der Waals surface area contributed by atoms with Crippen molar-refractivity contribution < 1.29 is 24.5 Å². The Morgan fingerprint density at radius 2 is 1.87 bits per heavy atom. The van der Waals surface area contributed by atoms with Gasteiger partial charge in [-0.1, -0.05) is 6.07 Å². The fraction of sp³-hybridized carbons (Fsp3) is 0.696. The van der Waals surface area contributed by atoms with Crippen LogP contribution < -0.4 is 4.74 Å². The van der Waals surface area contributed by atoms with Crippen LogP contribution in [0.2, 0.25) is 0 Å². The minimum Gasteiger partial charge on any atom is -0.490 e. The first kappa shape index (κ1) is 22.8. The Bertz CT molecular complexity index is 747. The molecular weight excluding hydrogens is 384 g/mol. The highest BCUT2D eigenvalue weighted by atomic mass is 16.6. The van der Waals surface area contributed by atoms with Crippen LogP contribution in [0.1, 0.15) is 42.9 Å². The van der Waals surface area contributed by atoms with Crippen LogP contribution in [0, 0.1) is 20.8 Å². The number of ether oxygens (including phenoxy) is 2. The zero-order valence-electron chi connectivity index (χ0n) is 18.7. The lowest BCUT2D eigenvalue weighted by Crippen LogP contribution is -2.62. The Kier molecular flexibility index (Phi) is 7.26. The number of aliphatic hydroxyl groups is 2. The molecular formula is C23H36N2O5. The van der Waals surface area contributed by atoms with E-state index in [0.29, 0.717) is 32.7 Å². The van der Waals surface area contributed by atoms with Gasteiger partial charge in [-0.2, -0.15) is 0 Å². The third-order valence-electron chi connectivity index (χ3n) is 6.54. The summed E-state index contributed by atoms with van der Waals surface area (Å²) in [5.74, 6) is 0.757. The van der Waals surface area contributed by atoms with Gasteiger partial charge < -0.3 is 24.6 Å². The van der Waals surface area contributed by atoms with E-state index in [1.807, 2.05) is 33.8 Å². The monoisotopic (exact) mass is 420 g/mol. The molecule has 30 heavy (non-hydrogen) atoms. The maximum Gasteiger partial charge on any atom is 0.409 e. The summed E-state index contributed by atoms with van der Waals surface area (Å²) in [6, 6.07) is 4.36. The number of rotatable bonds is 5. The average Bonchev–Trinajstić information content (AvgIpc) is 2.72. The number of likely N-dealkylation sites (tertiary alicyclic amines) is 2. The summed E-state index contributed by atoms with van der Waals surface area (Å²) in [6.45, 7) is 10.7. The van der Waals surface area contributed by atoms with Gasteiger partial charge in [0.15, 0.2) is 0 Å². The van der Waals surface area contributed by atoms with Crippen LogP contribution in [-0.2, 0) is 4.74 Å². The number of amides is 1. The van der Waals surface area contributed by atoms with Crippen molar-refractivity contribution in [1.82, 2.24) is 9.80 Å². The van der Waals surface area contributed by atoms with E-state index in [0.717, 1.165) is 41.8 Å². The topological polar surface area (TPSA) is 82.5 Å². The molecule has 0 bridgehead atoms. The van der Waals surface area contributed by atoms with Gasteiger partial charge in [-0.3, -0.25) is 4.90 Å². The molecule has 1 aromatic carbocycles. The smallest absolute Gasteiger partial charge is 0.409 e. The second-order valence-corrected chi connectivity index (χ2v) is 8.79. The largest absolute Gasteiger partial charge is 0.490 e. The molecule has 2 atom stereocenters. The lowest BCUT2D eigenvalue weighted by molar-refractivity contribution is -0.147. The van der Waals surface area contributed by atoms with E-state index in [1.54, 1.807) is 4.90 Å². The van der Waals surface area contributed by atoms with Crippen molar-refractivity contribution in [2.24, 2.45) is 0 Å². The summed E-state index contributed by atoms with van der Waals surface area (Å²) in [5, 5.41) is 21.8. The van der Waals surface area contributed by atoms with Crippen LogP contribution >= 0.6 is 0 Å². The molecule has 2 saturated heterocycles. The van der Waals surface area contributed by atoms with Crippen molar-refractivity contribution in [2.75, 3.05) is 39.4 Å². The molecule has 7 nitrogen and oxygen atoms in total. The molecule has 0 unspecified atom stereocenters. The number of benzene rings is 1. The highest BCUT2D eigenvalue weighted by molar-refractivity contribution is 5.67. The molecule has 0 aliphatic carbocycles. The molecule has 0 saturated carbocycles. The predicted octanol–water partition coefficient (Wildman–Crippen LogP) is 2.41. The molecule has 1 amide bonds. The van der Waals surface area contributed by atoms with E-state index >= 15 is 0 Å². The Hall–Kier alpha value is -1.83. The molecule has 2 aliphatic rings. The Morgan fingerprint density at radius 1 is 1.17 bits per heavy atom. The van der Waals surface area contributed by atoms with E-state index in [2.05, 4.69) is 11.0 Å². The third kappa shape index (κ3) is 5.07. The lowest BCUT2D eigenvalue weighted by atomic mass is 9.88. The molecule has 0 spiro atoms. The van der Waals surface area contributed by atoms with Crippen LogP contribution in [-0.4, -0.2) is 83.2 Å². The first-order valence-electron chi connectivity index (χ1n) is 11.0. The van der Waals surface area contributed by atoms with Crippen molar-refractivity contribution >= 4 is 6.09 Å². The normalized spacial score (nSPS) is 25.9. The molecule has 2 fully saturated rings. The van der Waals surface area contributed by atoms with Crippen molar-refractivity contribution in [3.05, 3.63) is 28.8 Å². The third-order valence-corrected chi connectivity index (χ3v) is 6.54. The SMILES string of the molecule is CCOC(=O)N1CCC(N2CC[C@H](O)[C@@](O)(COc3cc(C)cc(C)c3C)C2)CC1. The van der Waals surface area contributed by atoms with Crippen LogP contribution in [0.5, 0.6) is 5.75 Å². The maximum atomic E-state index is 11.9. The zero-order valence-corrected chi connectivity index (χ0v) is 18.7. The minimum atomic E-state index is -1.32. The molecule has 1 aromatic rings. The molecule has 2 heterocycles. The van der Waals surface area contributed by atoms with Gasteiger partial charge in [-0.25, -0.2) is 4.79 Å². The van der Waals surface area contributed by atoms with E-state index in [4.69, 9.17) is 9.47 Å². The summed E-state index contributed by atoms with van der Waals surface area (Å²) in [6.07, 6.45) is 1.10. The second-order valence-electron chi connectivity index (χ2n) is 8.79. The van der Waals surface area contributed by atoms with Gasteiger partial charge in [-0.15, -0.1) is 0 Å². The van der Waals surface area contributed by atoms with E-state index < -0.39 is 11.7 Å². The van der Waals surface area contributed by atoms with Crippen LogP contribution in [0.3, 0.4) is 0 Å². The summed E-state index contributed by atoms with van der Waals surface area (Å²) in [4.78, 5) is 15.9. The van der Waals surface area contributed by atoms with Crippen molar-refractivity contribution in [3.8, 4) is 5.75 Å². The molecule has 7 heteroatoms. The second kappa shape index (κ2) is 9.54. The summed E-state index contributed by atoms with van der Waals surface area (Å²) < 4.78 is 11.1. The van der Waals surface area contributed by atoms with Gasteiger partial charge in [0.2, 0.25) is 0 Å². The summed E-state index contributed by atoms with van der Waals surface area (Å²) >= 11 is 0. The molecule has 0 aromatic heterocycles. The maximum absolute atomic E-state index is 11.9. The van der Waals surface area contributed by atoms with Gasteiger partial charge >= 0.3 is 6.09 Å². The first-order valence-corrected chi connectivity index (χ1v) is 11.0. The van der Waals surface area contributed by atoms with Crippen LogP contribution in [0.15, 0.2) is 12.1 Å². The Morgan fingerprint density at radius 3 is 2.53 bits per heavy atom. The number of β-amino-alcohol motifs (C(OH)–C–C–N with tert-alkyl or cyclic N) is 1. The number of hydrogen-bond acceptors (Lipinski definition) is 6. The highest BCUT2D eigenvalue weighted by Crippen LogP contribution is 2.30. The Labute approximate surface area is 179 Å². The average molecular weight is 421 g/mol. The number of nitrogens with zero attached hydrogens (tertiary/aromatic N) is 2. The van der Waals surface area contributed by atoms with Gasteiger partial charge in [0, 0.05) is 32.2 Å². The quantitative estimate of drug-likeness (QED) is 0.761. The van der Waals surface area contributed by atoms with E-state index in [1.165, 1.54) is 0 Å². The zero-order chi connectivity index (χ0) is 21.9. The summed E-state index contributed by atoms with van der Waals surface area (Å²) in [7, 11) is 0. The molecule has 0 radical (unpaired) electrons. The van der Waals surface area contributed by atoms with Gasteiger partial charge in [-0.05, 0) is 69.7 Å². The van der Waals surface area contributed by atoms with Crippen molar-refractivity contribution in [2.45, 2.75) is 64.7 Å². The fourth-order valence-electron chi connectivity index (χ4n) is 4.53. The highest BCUT2D eigenvalue weighted by Gasteiger charge is 2.44. The van der Waals surface area contributed by atoms with E-state index in [-0.39, 0.29) is 18.7 Å². The molecule has 3 rings (SSSR count). The number of carbonyl (C=O) groups excluding carboxylic acids is 1. The molecule has 2 aliphatic heterocycles. The van der Waals surface area contributed by atoms with Crippen LogP contribution in [0.25, 0.3) is 0 Å². The van der Waals surface area contributed by atoms with Crippen molar-refractivity contribution in [3.63, 3.8) is 0 Å². The Balaban J connectivity index is 1.60. The van der Waals surface area contributed by atoms with Gasteiger partial charge in [0.25, 0.3) is 0 Å². The molecule has 168 valence electrons. The predicted molar refractivity (Wildman–Crippen MR) is 115 cm³/mol. The molecule has 2 N–H and O–H groups in total. The minimum absolute atomic E-state index is 0.0517. The van der Waals surface area contributed by atoms with Crippen LogP contribution in [0.4, 0.5) is 4.79 Å².